The smallest absolute Gasteiger partial charge is 0.338 e. The van der Waals surface area contributed by atoms with Gasteiger partial charge in [0.05, 0.1) is 12.7 Å². The van der Waals surface area contributed by atoms with Gasteiger partial charge in [-0.15, -0.1) is 11.3 Å². The van der Waals surface area contributed by atoms with Crippen LogP contribution in [0.4, 0.5) is 8.78 Å². The number of ether oxygens (including phenoxy) is 1. The van der Waals surface area contributed by atoms with E-state index in [0.717, 1.165) is 11.3 Å². The van der Waals surface area contributed by atoms with E-state index in [0.29, 0.717) is 0 Å². The Morgan fingerprint density at radius 2 is 2.29 bits per heavy atom. The van der Waals surface area contributed by atoms with Gasteiger partial charge < -0.3 is 10.5 Å². The molecule has 0 radical (unpaired) electrons. The molecule has 1 heterocycles. The average Bonchev–Trinajstić information content (AvgIpc) is 2.64. The maximum Gasteiger partial charge on any atom is 0.338 e. The Bertz CT molecular complexity index is 327. The van der Waals surface area contributed by atoms with Gasteiger partial charge >= 0.3 is 5.97 Å². The first-order chi connectivity index (χ1) is 6.56. The maximum atomic E-state index is 12.2. The molecule has 14 heavy (non-hydrogen) atoms. The Morgan fingerprint density at radius 3 is 2.79 bits per heavy atom. The van der Waals surface area contributed by atoms with Crippen molar-refractivity contribution in [3.8, 4) is 0 Å². The van der Waals surface area contributed by atoms with E-state index in [2.05, 4.69) is 4.74 Å². The topological polar surface area (TPSA) is 52.3 Å². The molecule has 3 nitrogen and oxygen atoms in total. The average molecular weight is 221 g/mol. The van der Waals surface area contributed by atoms with Gasteiger partial charge in [0.1, 0.15) is 6.04 Å². The molecule has 0 amide bonds. The van der Waals surface area contributed by atoms with Gasteiger partial charge in [0.15, 0.2) is 0 Å². The van der Waals surface area contributed by atoms with E-state index in [-0.39, 0.29) is 10.4 Å². The fraction of sp³-hybridized carbons (Fsp3) is 0.375. The van der Waals surface area contributed by atoms with Crippen LogP contribution in [0.2, 0.25) is 0 Å². The number of rotatable bonds is 3. The number of esters is 1. The van der Waals surface area contributed by atoms with Crippen molar-refractivity contribution in [1.29, 1.82) is 0 Å². The van der Waals surface area contributed by atoms with Crippen molar-refractivity contribution in [2.45, 2.75) is 12.5 Å². The van der Waals surface area contributed by atoms with Gasteiger partial charge in [-0.25, -0.2) is 13.6 Å². The summed E-state index contributed by atoms with van der Waals surface area (Å²) in [6.45, 7) is 0. The molecule has 1 rings (SSSR count). The predicted octanol–water partition coefficient (Wildman–Crippen LogP) is 1.80. The second-order valence-electron chi connectivity index (χ2n) is 2.59. The van der Waals surface area contributed by atoms with Gasteiger partial charge in [-0.3, -0.25) is 0 Å². The fourth-order valence-electron chi connectivity index (χ4n) is 0.877. The zero-order chi connectivity index (χ0) is 10.7. The summed E-state index contributed by atoms with van der Waals surface area (Å²) in [6.07, 6.45) is -2.63. The summed E-state index contributed by atoms with van der Waals surface area (Å²) >= 11 is 1.02. The molecule has 0 spiro atoms. The largest absolute Gasteiger partial charge is 0.465 e. The highest BCUT2D eigenvalue weighted by molar-refractivity contribution is 7.10. The minimum atomic E-state index is -2.63. The number of hydrogen-bond acceptors (Lipinski definition) is 4. The molecule has 0 saturated heterocycles. The maximum absolute atomic E-state index is 12.2. The molecule has 0 aromatic carbocycles. The molecule has 78 valence electrons. The van der Waals surface area contributed by atoms with Crippen molar-refractivity contribution in [3.05, 3.63) is 21.9 Å². The van der Waals surface area contributed by atoms with Crippen molar-refractivity contribution >= 4 is 17.3 Å². The molecular weight excluding hydrogens is 212 g/mol. The Kier molecular flexibility index (Phi) is 3.54. The molecule has 1 aromatic heterocycles. The number of alkyl halides is 2. The van der Waals surface area contributed by atoms with Crippen LogP contribution in [0, 0.1) is 0 Å². The lowest BCUT2D eigenvalue weighted by molar-refractivity contribution is 0.0601. The van der Waals surface area contributed by atoms with Crippen molar-refractivity contribution < 1.29 is 18.3 Å². The standard InChI is InChI=1S/C8H9F2NO2S/c1-13-8(12)4-2-5(14-3-4)6(11)7(9)10/h2-3,6-7H,11H2,1H3. The number of thiophene rings is 1. The summed E-state index contributed by atoms with van der Waals surface area (Å²) in [7, 11) is 1.23. The highest BCUT2D eigenvalue weighted by atomic mass is 32.1. The minimum Gasteiger partial charge on any atom is -0.465 e. The molecule has 0 bridgehead atoms. The van der Waals surface area contributed by atoms with Crippen molar-refractivity contribution in [2.75, 3.05) is 7.11 Å². The SMILES string of the molecule is COC(=O)c1csc(C(N)C(F)F)c1. The van der Waals surface area contributed by atoms with E-state index in [1.165, 1.54) is 18.6 Å². The van der Waals surface area contributed by atoms with Gasteiger partial charge in [0, 0.05) is 10.3 Å². The van der Waals surface area contributed by atoms with Gasteiger partial charge in [-0.05, 0) is 6.07 Å². The van der Waals surface area contributed by atoms with Crippen LogP contribution in [0.5, 0.6) is 0 Å². The van der Waals surface area contributed by atoms with E-state index in [1.807, 2.05) is 0 Å². The molecular formula is C8H9F2NO2S. The van der Waals surface area contributed by atoms with Crippen LogP contribution in [-0.4, -0.2) is 19.5 Å². The molecule has 0 fully saturated rings. The Balaban J connectivity index is 2.82. The molecule has 0 aliphatic heterocycles. The lowest BCUT2D eigenvalue weighted by atomic mass is 10.2. The zero-order valence-corrected chi connectivity index (χ0v) is 8.18. The number of carbonyl (C=O) groups excluding carboxylic acids is 1. The summed E-state index contributed by atoms with van der Waals surface area (Å²) in [6, 6.07) is -0.00810. The van der Waals surface area contributed by atoms with Gasteiger partial charge in [-0.2, -0.15) is 0 Å². The lowest BCUT2D eigenvalue weighted by Gasteiger charge is -2.06. The summed E-state index contributed by atoms with van der Waals surface area (Å²) < 4.78 is 28.8. The quantitative estimate of drug-likeness (QED) is 0.792. The molecule has 0 aliphatic rings. The summed E-state index contributed by atoms with van der Waals surface area (Å²) in [5, 5.41) is 1.45. The first-order valence-corrected chi connectivity index (χ1v) is 4.64. The van der Waals surface area contributed by atoms with E-state index < -0.39 is 18.4 Å². The van der Waals surface area contributed by atoms with Crippen molar-refractivity contribution in [2.24, 2.45) is 5.73 Å². The molecule has 1 unspecified atom stereocenters. The molecule has 2 N–H and O–H groups in total. The number of hydrogen-bond donors (Lipinski definition) is 1. The van der Waals surface area contributed by atoms with E-state index in [4.69, 9.17) is 5.73 Å². The Labute approximate surface area is 83.5 Å². The number of carbonyl (C=O) groups is 1. The fourth-order valence-corrected chi connectivity index (χ4v) is 1.76. The van der Waals surface area contributed by atoms with Crippen LogP contribution in [-0.2, 0) is 4.74 Å². The normalized spacial score (nSPS) is 12.9. The third kappa shape index (κ3) is 2.27. The van der Waals surface area contributed by atoms with Crippen LogP contribution in [0.25, 0.3) is 0 Å². The number of methoxy groups -OCH3 is 1. The van der Waals surface area contributed by atoms with Crippen LogP contribution in [0.3, 0.4) is 0 Å². The molecule has 0 saturated carbocycles. The number of halogens is 2. The van der Waals surface area contributed by atoms with Crippen molar-refractivity contribution in [3.63, 3.8) is 0 Å². The van der Waals surface area contributed by atoms with E-state index >= 15 is 0 Å². The minimum absolute atomic E-state index is 0.253. The van der Waals surface area contributed by atoms with Crippen LogP contribution < -0.4 is 5.73 Å². The van der Waals surface area contributed by atoms with Crippen molar-refractivity contribution in [1.82, 2.24) is 0 Å². The van der Waals surface area contributed by atoms with Gasteiger partial charge in [-0.1, -0.05) is 0 Å². The predicted molar refractivity (Wildman–Crippen MR) is 48.6 cm³/mol. The van der Waals surface area contributed by atoms with E-state index in [9.17, 15) is 13.6 Å². The zero-order valence-electron chi connectivity index (χ0n) is 7.37. The second-order valence-corrected chi connectivity index (χ2v) is 3.53. The first kappa shape index (κ1) is 11.1. The van der Waals surface area contributed by atoms with E-state index in [1.54, 1.807) is 0 Å². The second kappa shape index (κ2) is 4.47. The third-order valence-corrected chi connectivity index (χ3v) is 2.67. The van der Waals surface area contributed by atoms with Crippen LogP contribution in [0.1, 0.15) is 21.3 Å². The molecule has 0 aliphatic carbocycles. The molecule has 6 heteroatoms. The summed E-state index contributed by atoms with van der Waals surface area (Å²) in [5.74, 6) is -0.547. The summed E-state index contributed by atoms with van der Waals surface area (Å²) in [4.78, 5) is 11.3. The first-order valence-electron chi connectivity index (χ1n) is 3.76. The summed E-state index contributed by atoms with van der Waals surface area (Å²) in [5.41, 5.74) is 5.45. The highest BCUT2D eigenvalue weighted by Gasteiger charge is 2.20. The lowest BCUT2D eigenvalue weighted by Crippen LogP contribution is -2.17. The van der Waals surface area contributed by atoms with Gasteiger partial charge in [0.25, 0.3) is 6.43 Å². The number of nitrogens with two attached hydrogens (primary N) is 1. The van der Waals surface area contributed by atoms with Gasteiger partial charge in [0.2, 0.25) is 0 Å². The van der Waals surface area contributed by atoms with Crippen LogP contribution in [0.15, 0.2) is 11.4 Å². The molecule has 1 atom stereocenters. The third-order valence-electron chi connectivity index (χ3n) is 1.64. The Hall–Kier alpha value is -1.01. The molecule has 1 aromatic rings. The monoisotopic (exact) mass is 221 g/mol. The highest BCUT2D eigenvalue weighted by Crippen LogP contribution is 2.25. The van der Waals surface area contributed by atoms with Crippen LogP contribution >= 0.6 is 11.3 Å². The Morgan fingerprint density at radius 1 is 1.64 bits per heavy atom.